The summed E-state index contributed by atoms with van der Waals surface area (Å²) in [5.74, 6) is -4.08. The Bertz CT molecular complexity index is 1130. The van der Waals surface area contributed by atoms with E-state index >= 15 is 0 Å². The third-order valence-electron chi connectivity index (χ3n) is 4.03. The minimum atomic E-state index is -1.23. The Morgan fingerprint density at radius 2 is 1.87 bits per heavy atom. The number of rotatable bonds is 5. The summed E-state index contributed by atoms with van der Waals surface area (Å²) in [6.07, 6.45) is 3.29. The van der Waals surface area contributed by atoms with E-state index in [4.69, 9.17) is 11.6 Å². The number of halogens is 4. The van der Waals surface area contributed by atoms with Crippen molar-refractivity contribution in [3.63, 3.8) is 0 Å². The van der Waals surface area contributed by atoms with Crippen LogP contribution in [0.4, 0.5) is 30.4 Å². The van der Waals surface area contributed by atoms with E-state index in [1.807, 2.05) is 0 Å². The number of nitrogens with one attached hydrogen (secondary N) is 1. The Morgan fingerprint density at radius 3 is 2.57 bits per heavy atom. The summed E-state index contributed by atoms with van der Waals surface area (Å²) in [5, 5.41) is 2.08. The van der Waals surface area contributed by atoms with E-state index in [9.17, 15) is 22.8 Å². The summed E-state index contributed by atoms with van der Waals surface area (Å²) in [4.78, 5) is 33.1. The second-order valence-electron chi connectivity index (χ2n) is 6.14. The Labute approximate surface area is 174 Å². The van der Waals surface area contributed by atoms with Crippen molar-refractivity contribution in [2.45, 2.75) is 13.3 Å². The lowest BCUT2D eigenvalue weighted by Crippen LogP contribution is -2.25. The van der Waals surface area contributed by atoms with Gasteiger partial charge < -0.3 is 5.32 Å². The van der Waals surface area contributed by atoms with E-state index < -0.39 is 34.3 Å². The molecule has 3 rings (SSSR count). The van der Waals surface area contributed by atoms with Crippen molar-refractivity contribution in [2.24, 2.45) is 0 Å². The molecule has 2 amide bonds. The summed E-state index contributed by atoms with van der Waals surface area (Å²) >= 11 is 5.74. The quantitative estimate of drug-likeness (QED) is 0.603. The fourth-order valence-corrected chi connectivity index (χ4v) is 2.92. The van der Waals surface area contributed by atoms with Gasteiger partial charge in [-0.05, 0) is 23.8 Å². The monoisotopic (exact) mass is 434 g/mol. The number of carbonyl (C=O) groups is 2. The van der Waals surface area contributed by atoms with Crippen molar-refractivity contribution in [1.82, 2.24) is 9.97 Å². The molecule has 0 aliphatic carbocycles. The van der Waals surface area contributed by atoms with Gasteiger partial charge >= 0.3 is 0 Å². The van der Waals surface area contributed by atoms with Gasteiger partial charge in [0.2, 0.25) is 11.8 Å². The molecule has 6 nitrogen and oxygen atoms in total. The second kappa shape index (κ2) is 8.91. The van der Waals surface area contributed by atoms with E-state index in [-0.39, 0.29) is 29.2 Å². The summed E-state index contributed by atoms with van der Waals surface area (Å²) in [5.41, 5.74) is 0.304. The zero-order valence-electron chi connectivity index (χ0n) is 15.5. The summed E-state index contributed by atoms with van der Waals surface area (Å²) in [6, 6.07) is 6.22. The van der Waals surface area contributed by atoms with Gasteiger partial charge in [-0.1, -0.05) is 17.7 Å². The van der Waals surface area contributed by atoms with Gasteiger partial charge in [0.05, 0.1) is 23.3 Å². The topological polar surface area (TPSA) is 75.2 Å². The molecule has 0 saturated carbocycles. The highest BCUT2D eigenvalue weighted by molar-refractivity contribution is 6.31. The minimum absolute atomic E-state index is 0.0537. The first-order valence-corrected chi connectivity index (χ1v) is 8.94. The molecule has 1 N–H and O–H groups in total. The fraction of sp³-hybridized carbons (Fsp3) is 0.100. The van der Waals surface area contributed by atoms with E-state index in [0.717, 1.165) is 17.2 Å². The molecule has 10 heteroatoms. The normalized spacial score (nSPS) is 10.6. The first-order chi connectivity index (χ1) is 14.3. The van der Waals surface area contributed by atoms with Crippen LogP contribution in [0.2, 0.25) is 5.02 Å². The van der Waals surface area contributed by atoms with Crippen LogP contribution in [0.3, 0.4) is 0 Å². The molecule has 0 fully saturated rings. The predicted octanol–water partition coefficient (Wildman–Crippen LogP) is 4.41. The Balaban J connectivity index is 1.83. The molecule has 0 bridgehead atoms. The van der Waals surface area contributed by atoms with E-state index in [2.05, 4.69) is 15.3 Å². The number of pyridine rings is 2. The third-order valence-corrected chi connectivity index (χ3v) is 4.44. The summed E-state index contributed by atoms with van der Waals surface area (Å²) < 4.78 is 40.8. The van der Waals surface area contributed by atoms with Crippen LogP contribution in [-0.2, 0) is 16.0 Å². The first-order valence-electron chi connectivity index (χ1n) is 8.56. The van der Waals surface area contributed by atoms with E-state index in [1.165, 1.54) is 43.6 Å². The Kier molecular flexibility index (Phi) is 6.31. The molecular weight excluding hydrogens is 421 g/mol. The van der Waals surface area contributed by atoms with Crippen molar-refractivity contribution in [3.05, 3.63) is 77.0 Å². The number of benzene rings is 1. The number of hydrogen-bond donors (Lipinski definition) is 1. The number of aromatic nitrogens is 2. The van der Waals surface area contributed by atoms with Gasteiger partial charge in [0, 0.05) is 31.1 Å². The van der Waals surface area contributed by atoms with Gasteiger partial charge in [-0.2, -0.15) is 0 Å². The van der Waals surface area contributed by atoms with Gasteiger partial charge in [0.25, 0.3) is 0 Å². The number of carbonyl (C=O) groups excluding carboxylic acids is 2. The van der Waals surface area contributed by atoms with Crippen LogP contribution in [0, 0.1) is 17.5 Å². The lowest BCUT2D eigenvalue weighted by Gasteiger charge is -2.21. The zero-order valence-corrected chi connectivity index (χ0v) is 16.3. The number of amides is 2. The maximum absolute atomic E-state index is 14.1. The zero-order chi connectivity index (χ0) is 21.8. The second-order valence-corrected chi connectivity index (χ2v) is 6.52. The molecule has 2 heterocycles. The molecule has 2 aromatic heterocycles. The van der Waals surface area contributed by atoms with Crippen molar-refractivity contribution < 1.29 is 22.8 Å². The summed E-state index contributed by atoms with van der Waals surface area (Å²) in [6.45, 7) is 1.23. The molecule has 1 aromatic carbocycles. The van der Waals surface area contributed by atoms with Crippen LogP contribution in [0.5, 0.6) is 0 Å². The molecule has 154 valence electrons. The van der Waals surface area contributed by atoms with Crippen molar-refractivity contribution in [2.75, 3.05) is 10.2 Å². The lowest BCUT2D eigenvalue weighted by atomic mass is 10.1. The van der Waals surface area contributed by atoms with Crippen molar-refractivity contribution >= 4 is 40.6 Å². The van der Waals surface area contributed by atoms with Gasteiger partial charge in [0.15, 0.2) is 17.5 Å². The maximum atomic E-state index is 14.1. The number of hydrogen-bond acceptors (Lipinski definition) is 4. The number of nitrogens with zero attached hydrogens (tertiary/aromatic N) is 3. The third kappa shape index (κ3) is 4.57. The van der Waals surface area contributed by atoms with E-state index in [0.29, 0.717) is 0 Å². The van der Waals surface area contributed by atoms with Crippen LogP contribution < -0.4 is 10.2 Å². The average molecular weight is 435 g/mol. The van der Waals surface area contributed by atoms with Crippen molar-refractivity contribution in [3.8, 4) is 0 Å². The van der Waals surface area contributed by atoms with Gasteiger partial charge in [0.1, 0.15) is 5.82 Å². The smallest absolute Gasteiger partial charge is 0.229 e. The number of anilines is 3. The van der Waals surface area contributed by atoms with Crippen LogP contribution in [-0.4, -0.2) is 21.8 Å². The molecule has 0 atom stereocenters. The Hall–Kier alpha value is -3.46. The van der Waals surface area contributed by atoms with Crippen molar-refractivity contribution in [1.29, 1.82) is 0 Å². The minimum Gasteiger partial charge on any atom is -0.326 e. The molecule has 0 aliphatic rings. The Morgan fingerprint density at radius 1 is 1.10 bits per heavy atom. The molecule has 0 aliphatic heterocycles. The largest absolute Gasteiger partial charge is 0.326 e. The van der Waals surface area contributed by atoms with E-state index in [1.54, 1.807) is 0 Å². The van der Waals surface area contributed by atoms with Crippen LogP contribution in [0.15, 0.2) is 48.9 Å². The fourth-order valence-electron chi connectivity index (χ4n) is 2.70. The highest BCUT2D eigenvalue weighted by Crippen LogP contribution is 2.28. The molecule has 30 heavy (non-hydrogen) atoms. The maximum Gasteiger partial charge on any atom is 0.229 e. The van der Waals surface area contributed by atoms with Crippen LogP contribution >= 0.6 is 11.6 Å². The predicted molar refractivity (Wildman–Crippen MR) is 105 cm³/mol. The first kappa shape index (κ1) is 21.3. The molecule has 0 spiro atoms. The van der Waals surface area contributed by atoms with Crippen LogP contribution in [0.25, 0.3) is 0 Å². The van der Waals surface area contributed by atoms with Gasteiger partial charge in [-0.15, -0.1) is 0 Å². The average Bonchev–Trinajstić information content (AvgIpc) is 2.70. The molecular formula is C20H14ClF3N4O2. The van der Waals surface area contributed by atoms with Gasteiger partial charge in [-0.3, -0.25) is 19.5 Å². The highest BCUT2D eigenvalue weighted by atomic mass is 35.5. The molecule has 0 unspecified atom stereocenters. The standard InChI is InChI=1S/C20H14ClF3N4O2/c1-11(29)28(16-5-6-25-10-15(16)23)17-9-13(4-7-26-17)27-18(30)8-12-2-3-14(22)20(24)19(12)21/h2-7,9-10H,8H2,1H3,(H,26,27,30). The molecule has 0 radical (unpaired) electrons. The van der Waals surface area contributed by atoms with Crippen LogP contribution in [0.1, 0.15) is 12.5 Å². The SMILES string of the molecule is CC(=O)N(c1cc(NC(=O)Cc2ccc(F)c(F)c2Cl)ccn1)c1ccncc1F. The molecule has 3 aromatic rings. The van der Waals surface area contributed by atoms with Gasteiger partial charge in [-0.25, -0.2) is 18.2 Å². The lowest BCUT2D eigenvalue weighted by molar-refractivity contribution is -0.116. The molecule has 0 saturated heterocycles. The summed E-state index contributed by atoms with van der Waals surface area (Å²) in [7, 11) is 0. The highest BCUT2D eigenvalue weighted by Gasteiger charge is 2.20.